The summed E-state index contributed by atoms with van der Waals surface area (Å²) in [5.41, 5.74) is 0.421. The summed E-state index contributed by atoms with van der Waals surface area (Å²) >= 11 is 5.66. The van der Waals surface area contributed by atoms with Gasteiger partial charge >= 0.3 is 0 Å². The molecule has 0 bridgehead atoms. The molecule has 1 atom stereocenters. The molecule has 0 aliphatic rings. The van der Waals surface area contributed by atoms with E-state index < -0.39 is 23.5 Å². The first-order chi connectivity index (χ1) is 8.99. The largest absolute Gasteiger partial charge is 0.376 e. The second-order valence-electron chi connectivity index (χ2n) is 4.13. The summed E-state index contributed by atoms with van der Waals surface area (Å²) < 4.78 is 40.1. The molecule has 0 aliphatic carbocycles. The number of anilines is 1. The molecule has 1 unspecified atom stereocenters. The molecule has 0 spiro atoms. The highest BCUT2D eigenvalue weighted by molar-refractivity contribution is 6.31. The smallest absolute Gasteiger partial charge is 0.164 e. The molecule has 0 aromatic heterocycles. The van der Waals surface area contributed by atoms with Gasteiger partial charge < -0.3 is 5.32 Å². The van der Waals surface area contributed by atoms with Crippen molar-refractivity contribution in [2.75, 3.05) is 5.32 Å². The summed E-state index contributed by atoms with van der Waals surface area (Å²) in [5.74, 6) is -1.93. The summed E-state index contributed by atoms with van der Waals surface area (Å²) in [6.45, 7) is 1.65. The van der Waals surface area contributed by atoms with E-state index in [9.17, 15) is 13.2 Å². The van der Waals surface area contributed by atoms with Crippen LogP contribution in [0.25, 0.3) is 0 Å². The summed E-state index contributed by atoms with van der Waals surface area (Å²) in [7, 11) is 0. The molecule has 0 radical (unpaired) electrons. The van der Waals surface area contributed by atoms with Crippen molar-refractivity contribution in [1.29, 1.82) is 0 Å². The Hall–Kier alpha value is -1.68. The molecule has 1 N–H and O–H groups in total. The van der Waals surface area contributed by atoms with E-state index in [2.05, 4.69) is 5.32 Å². The van der Waals surface area contributed by atoms with Gasteiger partial charge in [-0.15, -0.1) is 0 Å². The highest BCUT2D eigenvalue weighted by Crippen LogP contribution is 2.27. The van der Waals surface area contributed by atoms with Crippen LogP contribution in [-0.2, 0) is 0 Å². The standard InChI is InChI=1S/C14H11ClF3N/c1-8(10-6-5-9(16)7-12(10)17)19-13-4-2-3-11(15)14(13)18/h2-8,19H,1H3. The Bertz CT molecular complexity index is 601. The van der Waals surface area contributed by atoms with Crippen LogP contribution in [0.2, 0.25) is 5.02 Å². The second-order valence-corrected chi connectivity index (χ2v) is 4.54. The zero-order valence-corrected chi connectivity index (χ0v) is 10.8. The third-order valence-electron chi connectivity index (χ3n) is 2.75. The Morgan fingerprint density at radius 2 is 1.84 bits per heavy atom. The Balaban J connectivity index is 2.25. The van der Waals surface area contributed by atoms with Crippen molar-refractivity contribution in [3.8, 4) is 0 Å². The zero-order valence-electron chi connectivity index (χ0n) is 10.1. The average molecular weight is 286 g/mol. The summed E-state index contributed by atoms with van der Waals surface area (Å²) in [6.07, 6.45) is 0. The molecule has 100 valence electrons. The molecule has 0 heterocycles. The first-order valence-corrected chi connectivity index (χ1v) is 6.02. The highest BCUT2D eigenvalue weighted by Gasteiger charge is 2.14. The SMILES string of the molecule is CC(Nc1cccc(Cl)c1F)c1ccc(F)cc1F. The fourth-order valence-corrected chi connectivity index (χ4v) is 1.95. The van der Waals surface area contributed by atoms with E-state index >= 15 is 0 Å². The van der Waals surface area contributed by atoms with Gasteiger partial charge in [0.2, 0.25) is 0 Å². The first kappa shape index (κ1) is 13.7. The minimum atomic E-state index is -0.678. The molecule has 0 saturated carbocycles. The lowest BCUT2D eigenvalue weighted by molar-refractivity contribution is 0.565. The van der Waals surface area contributed by atoms with E-state index in [4.69, 9.17) is 11.6 Å². The fraction of sp³-hybridized carbons (Fsp3) is 0.143. The first-order valence-electron chi connectivity index (χ1n) is 5.64. The van der Waals surface area contributed by atoms with Crippen molar-refractivity contribution in [3.05, 3.63) is 64.4 Å². The van der Waals surface area contributed by atoms with Crippen LogP contribution in [0.1, 0.15) is 18.5 Å². The van der Waals surface area contributed by atoms with Crippen LogP contribution in [0.4, 0.5) is 18.9 Å². The normalized spacial score (nSPS) is 12.3. The lowest BCUT2D eigenvalue weighted by Gasteiger charge is -2.17. The van der Waals surface area contributed by atoms with Crippen molar-refractivity contribution < 1.29 is 13.2 Å². The number of hydrogen-bond acceptors (Lipinski definition) is 1. The monoisotopic (exact) mass is 285 g/mol. The van der Waals surface area contributed by atoms with Crippen LogP contribution in [0.3, 0.4) is 0 Å². The predicted molar refractivity (Wildman–Crippen MR) is 69.8 cm³/mol. The van der Waals surface area contributed by atoms with Gasteiger partial charge in [-0.1, -0.05) is 23.7 Å². The quantitative estimate of drug-likeness (QED) is 0.843. The van der Waals surface area contributed by atoms with E-state index in [0.717, 1.165) is 12.1 Å². The van der Waals surface area contributed by atoms with Gasteiger partial charge in [0.15, 0.2) is 5.82 Å². The molecule has 0 saturated heterocycles. The molecule has 0 fully saturated rings. The molecule has 2 aromatic rings. The minimum absolute atomic E-state index is 0.0169. The fourth-order valence-electron chi connectivity index (χ4n) is 1.78. The number of hydrogen-bond donors (Lipinski definition) is 1. The van der Waals surface area contributed by atoms with Gasteiger partial charge in [-0.25, -0.2) is 13.2 Å². The van der Waals surface area contributed by atoms with E-state index in [-0.39, 0.29) is 16.3 Å². The van der Waals surface area contributed by atoms with Crippen molar-refractivity contribution >= 4 is 17.3 Å². The maximum atomic E-state index is 13.7. The molecular formula is C14H11ClF3N. The zero-order chi connectivity index (χ0) is 14.0. The highest BCUT2D eigenvalue weighted by atomic mass is 35.5. The predicted octanol–water partition coefficient (Wildman–Crippen LogP) is 4.93. The molecule has 19 heavy (non-hydrogen) atoms. The van der Waals surface area contributed by atoms with Gasteiger partial charge in [0.25, 0.3) is 0 Å². The maximum absolute atomic E-state index is 13.7. The molecular weight excluding hydrogens is 275 g/mol. The van der Waals surface area contributed by atoms with Crippen LogP contribution >= 0.6 is 11.6 Å². The van der Waals surface area contributed by atoms with Gasteiger partial charge in [-0.3, -0.25) is 0 Å². The Kier molecular flexibility index (Phi) is 4.00. The third kappa shape index (κ3) is 3.01. The molecule has 2 rings (SSSR count). The van der Waals surface area contributed by atoms with Gasteiger partial charge in [0, 0.05) is 11.6 Å². The van der Waals surface area contributed by atoms with Crippen molar-refractivity contribution in [3.63, 3.8) is 0 Å². The Morgan fingerprint density at radius 3 is 2.53 bits per heavy atom. The van der Waals surface area contributed by atoms with Crippen LogP contribution in [-0.4, -0.2) is 0 Å². The number of benzene rings is 2. The van der Waals surface area contributed by atoms with Crippen LogP contribution in [0.15, 0.2) is 36.4 Å². The van der Waals surface area contributed by atoms with Crippen molar-refractivity contribution in [2.45, 2.75) is 13.0 Å². The Labute approximate surface area is 114 Å². The summed E-state index contributed by atoms with van der Waals surface area (Å²) in [4.78, 5) is 0. The van der Waals surface area contributed by atoms with Crippen molar-refractivity contribution in [2.24, 2.45) is 0 Å². The van der Waals surface area contributed by atoms with Crippen LogP contribution in [0.5, 0.6) is 0 Å². The van der Waals surface area contributed by atoms with Gasteiger partial charge in [0.1, 0.15) is 11.6 Å². The lowest BCUT2D eigenvalue weighted by atomic mass is 10.1. The molecule has 5 heteroatoms. The van der Waals surface area contributed by atoms with E-state index in [1.165, 1.54) is 18.2 Å². The van der Waals surface area contributed by atoms with E-state index in [1.807, 2.05) is 0 Å². The molecule has 0 aliphatic heterocycles. The third-order valence-corrected chi connectivity index (χ3v) is 3.04. The lowest BCUT2D eigenvalue weighted by Crippen LogP contribution is -2.10. The van der Waals surface area contributed by atoms with Crippen molar-refractivity contribution in [1.82, 2.24) is 0 Å². The number of rotatable bonds is 3. The number of halogens is 4. The van der Waals surface area contributed by atoms with Gasteiger partial charge in [-0.2, -0.15) is 0 Å². The van der Waals surface area contributed by atoms with Crippen LogP contribution < -0.4 is 5.32 Å². The average Bonchev–Trinajstić information content (AvgIpc) is 2.34. The van der Waals surface area contributed by atoms with E-state index in [0.29, 0.717) is 0 Å². The minimum Gasteiger partial charge on any atom is -0.376 e. The summed E-state index contributed by atoms with van der Waals surface area (Å²) in [5, 5.41) is 2.79. The van der Waals surface area contributed by atoms with E-state index in [1.54, 1.807) is 13.0 Å². The molecule has 2 aromatic carbocycles. The Morgan fingerprint density at radius 1 is 1.11 bits per heavy atom. The van der Waals surface area contributed by atoms with Gasteiger partial charge in [-0.05, 0) is 25.1 Å². The second kappa shape index (κ2) is 5.53. The maximum Gasteiger partial charge on any atom is 0.164 e. The summed E-state index contributed by atoms with van der Waals surface area (Å²) in [6, 6.07) is 7.26. The molecule has 1 nitrogen and oxygen atoms in total. The molecule has 0 amide bonds. The number of nitrogens with one attached hydrogen (secondary N) is 1. The van der Waals surface area contributed by atoms with Gasteiger partial charge in [0.05, 0.1) is 16.8 Å². The topological polar surface area (TPSA) is 12.0 Å². The van der Waals surface area contributed by atoms with Crippen LogP contribution in [0, 0.1) is 17.5 Å².